The fourth-order valence-corrected chi connectivity index (χ4v) is 2.00. The summed E-state index contributed by atoms with van der Waals surface area (Å²) < 4.78 is 0. The first-order chi connectivity index (χ1) is 8.82. The normalized spacial score (nSPS) is 13.8. The first-order valence-corrected chi connectivity index (χ1v) is 7.16. The van der Waals surface area contributed by atoms with Crippen molar-refractivity contribution in [3.63, 3.8) is 0 Å². The Labute approximate surface area is 117 Å². The number of pyridine rings is 1. The second-order valence-electron chi connectivity index (χ2n) is 6.31. The number of hydrogen-bond acceptors (Lipinski definition) is 3. The highest BCUT2D eigenvalue weighted by atomic mass is 16.3. The Morgan fingerprint density at radius 1 is 1.32 bits per heavy atom. The highest BCUT2D eigenvalue weighted by Gasteiger charge is 2.22. The Bertz CT molecular complexity index is 385. The zero-order valence-electron chi connectivity index (χ0n) is 13.0. The minimum absolute atomic E-state index is 0.0407. The van der Waals surface area contributed by atoms with E-state index in [1.165, 1.54) is 0 Å². The smallest absolute Gasteiger partial charge is 0.0600 e. The number of rotatable bonds is 6. The molecule has 0 aliphatic carbocycles. The highest BCUT2D eigenvalue weighted by Crippen LogP contribution is 2.21. The van der Waals surface area contributed by atoms with Gasteiger partial charge < -0.3 is 5.11 Å². The van der Waals surface area contributed by atoms with Crippen LogP contribution in [0, 0.1) is 12.3 Å². The van der Waals surface area contributed by atoms with Gasteiger partial charge in [-0.3, -0.25) is 9.88 Å². The van der Waals surface area contributed by atoms with Crippen molar-refractivity contribution >= 4 is 0 Å². The summed E-state index contributed by atoms with van der Waals surface area (Å²) in [7, 11) is 0. The molecule has 3 heteroatoms. The number of aliphatic hydroxyl groups is 1. The summed E-state index contributed by atoms with van der Waals surface area (Å²) >= 11 is 0. The number of aliphatic hydroxyl groups excluding tert-OH is 1. The molecule has 0 saturated carbocycles. The van der Waals surface area contributed by atoms with Crippen molar-refractivity contribution in [3.8, 4) is 0 Å². The molecule has 1 aromatic rings. The molecule has 0 aromatic carbocycles. The van der Waals surface area contributed by atoms with Crippen molar-refractivity contribution in [2.24, 2.45) is 5.41 Å². The summed E-state index contributed by atoms with van der Waals surface area (Å²) in [6, 6.07) is 6.13. The van der Waals surface area contributed by atoms with Crippen LogP contribution < -0.4 is 0 Å². The lowest BCUT2D eigenvalue weighted by Gasteiger charge is -2.28. The van der Waals surface area contributed by atoms with Gasteiger partial charge in [-0.25, -0.2) is 0 Å². The maximum Gasteiger partial charge on any atom is 0.0600 e. The van der Waals surface area contributed by atoms with Crippen LogP contribution in [0.1, 0.15) is 45.5 Å². The lowest BCUT2D eigenvalue weighted by atomic mass is 9.87. The molecule has 0 fully saturated rings. The minimum atomic E-state index is -0.257. The maximum atomic E-state index is 10.1. The van der Waals surface area contributed by atoms with E-state index < -0.39 is 0 Å². The van der Waals surface area contributed by atoms with Crippen LogP contribution in [0.15, 0.2) is 18.2 Å². The van der Waals surface area contributed by atoms with E-state index in [-0.39, 0.29) is 11.5 Å². The summed E-state index contributed by atoms with van der Waals surface area (Å²) in [5, 5.41) is 10.1. The van der Waals surface area contributed by atoms with Crippen LogP contribution in [0.2, 0.25) is 0 Å². The van der Waals surface area contributed by atoms with Crippen LogP contribution in [-0.2, 0) is 6.54 Å². The van der Waals surface area contributed by atoms with E-state index in [0.29, 0.717) is 0 Å². The standard InChI is InChI=1S/C16H28N2O/c1-6-18(11-10-15(19)16(3,4)5)12-14-9-7-8-13(2)17-14/h7-9,15,19H,6,10-12H2,1-5H3. The van der Waals surface area contributed by atoms with Crippen LogP contribution in [0.5, 0.6) is 0 Å². The predicted molar refractivity (Wildman–Crippen MR) is 80.0 cm³/mol. The van der Waals surface area contributed by atoms with Gasteiger partial charge in [-0.05, 0) is 37.4 Å². The molecular weight excluding hydrogens is 236 g/mol. The van der Waals surface area contributed by atoms with Crippen molar-refractivity contribution in [1.82, 2.24) is 9.88 Å². The second kappa shape index (κ2) is 7.01. The fraction of sp³-hybridized carbons (Fsp3) is 0.688. The molecule has 0 radical (unpaired) electrons. The Morgan fingerprint density at radius 2 is 2.00 bits per heavy atom. The summed E-state index contributed by atoms with van der Waals surface area (Å²) in [4.78, 5) is 6.86. The summed E-state index contributed by atoms with van der Waals surface area (Å²) in [5.74, 6) is 0. The molecule has 0 spiro atoms. The topological polar surface area (TPSA) is 36.4 Å². The molecule has 0 aliphatic rings. The number of nitrogens with zero attached hydrogens (tertiary/aromatic N) is 2. The number of hydrogen-bond donors (Lipinski definition) is 1. The lowest BCUT2D eigenvalue weighted by molar-refractivity contribution is 0.0452. The first-order valence-electron chi connectivity index (χ1n) is 7.16. The van der Waals surface area contributed by atoms with E-state index in [1.807, 2.05) is 13.0 Å². The van der Waals surface area contributed by atoms with Gasteiger partial charge in [0.25, 0.3) is 0 Å². The summed E-state index contributed by atoms with van der Waals surface area (Å²) in [6.07, 6.45) is 0.551. The van der Waals surface area contributed by atoms with Gasteiger partial charge in [0, 0.05) is 18.8 Å². The van der Waals surface area contributed by atoms with Gasteiger partial charge in [-0.1, -0.05) is 33.8 Å². The van der Waals surface area contributed by atoms with E-state index in [1.54, 1.807) is 0 Å². The Morgan fingerprint density at radius 3 is 2.53 bits per heavy atom. The van der Waals surface area contributed by atoms with Gasteiger partial charge in [-0.2, -0.15) is 0 Å². The summed E-state index contributed by atoms with van der Waals surface area (Å²) in [5.41, 5.74) is 2.12. The average Bonchev–Trinajstić information content (AvgIpc) is 2.32. The zero-order valence-corrected chi connectivity index (χ0v) is 13.0. The van der Waals surface area contributed by atoms with Crippen LogP contribution in [0.25, 0.3) is 0 Å². The van der Waals surface area contributed by atoms with Gasteiger partial charge in [0.05, 0.1) is 11.8 Å². The molecule has 0 aliphatic heterocycles. The Balaban J connectivity index is 2.51. The van der Waals surface area contributed by atoms with Gasteiger partial charge in [0.15, 0.2) is 0 Å². The van der Waals surface area contributed by atoms with Gasteiger partial charge in [0.2, 0.25) is 0 Å². The van der Waals surface area contributed by atoms with Gasteiger partial charge in [0.1, 0.15) is 0 Å². The molecular formula is C16H28N2O. The molecule has 1 N–H and O–H groups in total. The van der Waals surface area contributed by atoms with E-state index >= 15 is 0 Å². The van der Waals surface area contributed by atoms with Crippen molar-refractivity contribution in [2.45, 2.75) is 53.7 Å². The SMILES string of the molecule is CCN(CCC(O)C(C)(C)C)Cc1cccc(C)n1. The largest absolute Gasteiger partial charge is 0.393 e. The monoisotopic (exact) mass is 264 g/mol. The second-order valence-corrected chi connectivity index (χ2v) is 6.31. The first kappa shape index (κ1) is 16.1. The third-order valence-corrected chi connectivity index (χ3v) is 3.50. The van der Waals surface area contributed by atoms with Crippen LogP contribution in [-0.4, -0.2) is 34.2 Å². The van der Waals surface area contributed by atoms with Crippen molar-refractivity contribution in [1.29, 1.82) is 0 Å². The van der Waals surface area contributed by atoms with Gasteiger partial charge >= 0.3 is 0 Å². The van der Waals surface area contributed by atoms with Crippen molar-refractivity contribution in [3.05, 3.63) is 29.6 Å². The molecule has 1 rings (SSSR count). The third-order valence-electron chi connectivity index (χ3n) is 3.50. The molecule has 108 valence electrons. The highest BCUT2D eigenvalue weighted by molar-refractivity contribution is 5.09. The summed E-state index contributed by atoms with van der Waals surface area (Å²) in [6.45, 7) is 13.1. The lowest BCUT2D eigenvalue weighted by Crippen LogP contribution is -2.32. The fourth-order valence-electron chi connectivity index (χ4n) is 2.00. The zero-order chi connectivity index (χ0) is 14.5. The van der Waals surface area contributed by atoms with E-state index in [2.05, 4.69) is 49.7 Å². The Kier molecular flexibility index (Phi) is 5.95. The van der Waals surface area contributed by atoms with E-state index in [0.717, 1.165) is 37.4 Å². The van der Waals surface area contributed by atoms with E-state index in [4.69, 9.17) is 0 Å². The number of aromatic nitrogens is 1. The third kappa shape index (κ3) is 5.70. The molecule has 3 nitrogen and oxygen atoms in total. The number of aryl methyl sites for hydroxylation is 1. The molecule has 0 saturated heterocycles. The molecule has 1 aromatic heterocycles. The minimum Gasteiger partial charge on any atom is -0.393 e. The van der Waals surface area contributed by atoms with E-state index in [9.17, 15) is 5.11 Å². The molecule has 19 heavy (non-hydrogen) atoms. The van der Waals surface area contributed by atoms with Crippen LogP contribution in [0.3, 0.4) is 0 Å². The van der Waals surface area contributed by atoms with Crippen molar-refractivity contribution < 1.29 is 5.11 Å². The Hall–Kier alpha value is -0.930. The molecule has 1 heterocycles. The van der Waals surface area contributed by atoms with Crippen LogP contribution in [0.4, 0.5) is 0 Å². The predicted octanol–water partition coefficient (Wildman–Crippen LogP) is 3.01. The van der Waals surface area contributed by atoms with Crippen LogP contribution >= 0.6 is 0 Å². The maximum absolute atomic E-state index is 10.1. The quantitative estimate of drug-likeness (QED) is 0.858. The molecule has 0 bridgehead atoms. The average molecular weight is 264 g/mol. The molecule has 1 atom stereocenters. The van der Waals surface area contributed by atoms with Gasteiger partial charge in [-0.15, -0.1) is 0 Å². The molecule has 0 amide bonds. The molecule has 1 unspecified atom stereocenters. The van der Waals surface area contributed by atoms with Crippen molar-refractivity contribution in [2.75, 3.05) is 13.1 Å².